The Hall–Kier alpha value is -1.51. The van der Waals surface area contributed by atoms with Gasteiger partial charge in [-0.2, -0.15) is 4.31 Å². The second kappa shape index (κ2) is 5.94. The van der Waals surface area contributed by atoms with Gasteiger partial charge in [0.25, 0.3) is 0 Å². The highest BCUT2D eigenvalue weighted by Crippen LogP contribution is 2.25. The molecule has 1 aromatic carbocycles. The van der Waals surface area contributed by atoms with Crippen molar-refractivity contribution in [1.29, 1.82) is 0 Å². The first-order valence-electron chi connectivity index (χ1n) is 6.90. The first-order valence-corrected chi connectivity index (χ1v) is 9.16. The molecule has 0 saturated carbocycles. The van der Waals surface area contributed by atoms with Crippen LogP contribution in [0.1, 0.15) is 4.88 Å². The Balaban J connectivity index is 1.75. The molecule has 5 nitrogen and oxygen atoms in total. The highest BCUT2D eigenvalue weighted by molar-refractivity contribution is 7.89. The molecule has 8 heteroatoms. The summed E-state index contributed by atoms with van der Waals surface area (Å²) in [6.45, 7) is 3.76. The molecule has 0 amide bonds. The van der Waals surface area contributed by atoms with Crippen molar-refractivity contribution in [3.63, 3.8) is 0 Å². The van der Waals surface area contributed by atoms with Crippen LogP contribution in [0.3, 0.4) is 0 Å². The second-order valence-corrected chi connectivity index (χ2v) is 8.19. The molecule has 1 fully saturated rings. The quantitative estimate of drug-likeness (QED) is 0.858. The zero-order chi connectivity index (χ0) is 15.7. The van der Waals surface area contributed by atoms with E-state index in [0.717, 1.165) is 10.0 Å². The number of halogens is 1. The lowest BCUT2D eigenvalue weighted by molar-refractivity contribution is 0.382. The van der Waals surface area contributed by atoms with Gasteiger partial charge in [-0.1, -0.05) is 12.1 Å². The van der Waals surface area contributed by atoms with E-state index in [2.05, 4.69) is 9.88 Å². The molecule has 1 aliphatic rings. The van der Waals surface area contributed by atoms with E-state index in [1.165, 1.54) is 28.6 Å². The maximum Gasteiger partial charge on any atom is 0.246 e. The average Bonchev–Trinajstić information content (AvgIpc) is 2.94. The highest BCUT2D eigenvalue weighted by Gasteiger charge is 2.30. The molecule has 118 valence electrons. The number of aromatic nitrogens is 1. The Morgan fingerprint density at radius 2 is 1.86 bits per heavy atom. The van der Waals surface area contributed by atoms with Crippen molar-refractivity contribution < 1.29 is 12.8 Å². The number of piperazine rings is 1. The Morgan fingerprint density at radius 3 is 2.45 bits per heavy atom. The Labute approximate surface area is 133 Å². The van der Waals surface area contributed by atoms with Gasteiger partial charge in [0.15, 0.2) is 5.13 Å². The van der Waals surface area contributed by atoms with Crippen LogP contribution >= 0.6 is 11.3 Å². The first kappa shape index (κ1) is 15.4. The van der Waals surface area contributed by atoms with Crippen LogP contribution in [0.5, 0.6) is 0 Å². The summed E-state index contributed by atoms with van der Waals surface area (Å²) >= 11 is 1.59. The number of thiazole rings is 1. The van der Waals surface area contributed by atoms with Gasteiger partial charge in [0.1, 0.15) is 10.7 Å². The lowest BCUT2D eigenvalue weighted by Crippen LogP contribution is -2.48. The van der Waals surface area contributed by atoms with Gasteiger partial charge in [-0.25, -0.2) is 17.8 Å². The van der Waals surface area contributed by atoms with Crippen LogP contribution in [0, 0.1) is 12.7 Å². The van der Waals surface area contributed by atoms with E-state index in [9.17, 15) is 12.8 Å². The highest BCUT2D eigenvalue weighted by atomic mass is 32.2. The third kappa shape index (κ3) is 2.86. The van der Waals surface area contributed by atoms with Crippen molar-refractivity contribution in [2.75, 3.05) is 31.1 Å². The molecule has 0 atom stereocenters. The number of hydrogen-bond donors (Lipinski definition) is 0. The van der Waals surface area contributed by atoms with Gasteiger partial charge in [0, 0.05) is 37.3 Å². The zero-order valence-corrected chi connectivity index (χ0v) is 13.7. The fourth-order valence-electron chi connectivity index (χ4n) is 2.40. The number of sulfonamides is 1. The number of nitrogens with zero attached hydrogens (tertiary/aromatic N) is 3. The summed E-state index contributed by atoms with van der Waals surface area (Å²) in [4.78, 5) is 7.24. The van der Waals surface area contributed by atoms with Gasteiger partial charge in [0.05, 0.1) is 0 Å². The normalized spacial score (nSPS) is 16.9. The Morgan fingerprint density at radius 1 is 1.18 bits per heavy atom. The van der Waals surface area contributed by atoms with Gasteiger partial charge in [-0.3, -0.25) is 0 Å². The maximum absolute atomic E-state index is 13.8. The van der Waals surface area contributed by atoms with Crippen molar-refractivity contribution >= 4 is 26.5 Å². The fraction of sp³-hybridized carbons (Fsp3) is 0.357. The van der Waals surface area contributed by atoms with Crippen LogP contribution in [-0.2, 0) is 10.0 Å². The van der Waals surface area contributed by atoms with Crippen LogP contribution in [0.15, 0.2) is 35.4 Å². The molecule has 1 saturated heterocycles. The van der Waals surface area contributed by atoms with Crippen LogP contribution < -0.4 is 4.90 Å². The summed E-state index contributed by atoms with van der Waals surface area (Å²) in [5, 5.41) is 0.903. The lowest BCUT2D eigenvalue weighted by atomic mass is 10.3. The van der Waals surface area contributed by atoms with Crippen LogP contribution in [-0.4, -0.2) is 43.9 Å². The van der Waals surface area contributed by atoms with Crippen molar-refractivity contribution in [2.45, 2.75) is 11.8 Å². The molecular formula is C14H16FN3O2S2. The standard InChI is InChI=1S/C14H16FN3O2S2/c1-11-10-16-14(21-11)17-6-8-18(9-7-17)22(19,20)13-5-3-2-4-12(13)15/h2-5,10H,6-9H2,1H3. The van der Waals surface area contributed by atoms with Gasteiger partial charge >= 0.3 is 0 Å². The molecule has 3 rings (SSSR count). The largest absolute Gasteiger partial charge is 0.345 e. The van der Waals surface area contributed by atoms with Crippen molar-refractivity contribution in [2.24, 2.45) is 0 Å². The van der Waals surface area contributed by atoms with Gasteiger partial charge in [-0.15, -0.1) is 11.3 Å². The minimum Gasteiger partial charge on any atom is -0.345 e. The first-order chi connectivity index (χ1) is 10.5. The van der Waals surface area contributed by atoms with E-state index < -0.39 is 15.8 Å². The summed E-state index contributed by atoms with van der Waals surface area (Å²) in [6.07, 6.45) is 1.81. The fourth-order valence-corrected chi connectivity index (χ4v) is 4.70. The Bertz CT molecular complexity index is 768. The van der Waals surface area contributed by atoms with Gasteiger partial charge < -0.3 is 4.90 Å². The molecule has 1 aliphatic heterocycles. The number of benzene rings is 1. The predicted octanol–water partition coefficient (Wildman–Crippen LogP) is 2.10. The second-order valence-electron chi connectivity index (χ2n) is 5.08. The van der Waals surface area contributed by atoms with Gasteiger partial charge in [0.2, 0.25) is 10.0 Å². The minimum absolute atomic E-state index is 0.256. The molecule has 0 aliphatic carbocycles. The Kier molecular flexibility index (Phi) is 4.16. The van der Waals surface area contributed by atoms with E-state index in [0.29, 0.717) is 26.2 Å². The average molecular weight is 341 g/mol. The molecule has 22 heavy (non-hydrogen) atoms. The molecule has 0 bridgehead atoms. The monoisotopic (exact) mass is 341 g/mol. The van der Waals surface area contributed by atoms with E-state index in [-0.39, 0.29) is 4.90 Å². The predicted molar refractivity (Wildman–Crippen MR) is 84.2 cm³/mol. The number of hydrogen-bond acceptors (Lipinski definition) is 5. The SMILES string of the molecule is Cc1cnc(N2CCN(S(=O)(=O)c3ccccc3F)CC2)s1. The van der Waals surface area contributed by atoms with E-state index in [1.54, 1.807) is 11.3 Å². The molecule has 1 aromatic heterocycles. The number of anilines is 1. The van der Waals surface area contributed by atoms with E-state index in [1.807, 2.05) is 13.1 Å². The molecule has 2 aromatic rings. The van der Waals surface area contributed by atoms with Crippen molar-refractivity contribution in [1.82, 2.24) is 9.29 Å². The van der Waals surface area contributed by atoms with Crippen LogP contribution in [0.4, 0.5) is 9.52 Å². The topological polar surface area (TPSA) is 53.5 Å². The van der Waals surface area contributed by atoms with Gasteiger partial charge in [-0.05, 0) is 19.1 Å². The molecule has 0 N–H and O–H groups in total. The molecular weight excluding hydrogens is 325 g/mol. The van der Waals surface area contributed by atoms with E-state index in [4.69, 9.17) is 0 Å². The number of rotatable bonds is 3. The zero-order valence-electron chi connectivity index (χ0n) is 12.1. The third-order valence-electron chi connectivity index (χ3n) is 3.57. The summed E-state index contributed by atoms with van der Waals surface area (Å²) in [7, 11) is -3.78. The van der Waals surface area contributed by atoms with E-state index >= 15 is 0 Å². The molecule has 0 unspecified atom stereocenters. The maximum atomic E-state index is 13.8. The summed E-state index contributed by atoms with van der Waals surface area (Å²) < 4.78 is 40.1. The molecule has 0 spiro atoms. The van der Waals surface area contributed by atoms with Crippen molar-refractivity contribution in [3.05, 3.63) is 41.2 Å². The van der Waals surface area contributed by atoms with Crippen LogP contribution in [0.25, 0.3) is 0 Å². The molecule has 0 radical (unpaired) electrons. The van der Waals surface area contributed by atoms with Crippen LogP contribution in [0.2, 0.25) is 0 Å². The summed E-state index contributed by atoms with van der Waals surface area (Å²) in [5.74, 6) is -0.708. The number of aryl methyl sites for hydroxylation is 1. The summed E-state index contributed by atoms with van der Waals surface area (Å²) in [6, 6.07) is 5.49. The lowest BCUT2D eigenvalue weighted by Gasteiger charge is -2.33. The smallest absolute Gasteiger partial charge is 0.246 e. The summed E-state index contributed by atoms with van der Waals surface area (Å²) in [5.41, 5.74) is 0. The molecule has 2 heterocycles. The van der Waals surface area contributed by atoms with Crippen molar-refractivity contribution in [3.8, 4) is 0 Å². The minimum atomic E-state index is -3.78. The third-order valence-corrected chi connectivity index (χ3v) is 6.48.